The van der Waals surface area contributed by atoms with Crippen LogP contribution in [0.25, 0.3) is 0 Å². The molecule has 0 unspecified atom stereocenters. The Balaban J connectivity index is 0. The minimum absolute atomic E-state index is 0.562. The van der Waals surface area contributed by atoms with Gasteiger partial charge >= 0.3 is 11.9 Å². The van der Waals surface area contributed by atoms with Gasteiger partial charge in [-0.1, -0.05) is 35.9 Å². The molecule has 0 aromatic heterocycles. The van der Waals surface area contributed by atoms with E-state index in [-0.39, 0.29) is 0 Å². The Labute approximate surface area is 95.9 Å². The number of aliphatic hydroxyl groups is 1. The van der Waals surface area contributed by atoms with Crippen LogP contribution in [0.1, 0.15) is 19.4 Å². The molecule has 0 saturated heterocycles. The maximum absolute atomic E-state index is 9.81. The van der Waals surface area contributed by atoms with Crippen LogP contribution in [0.15, 0.2) is 30.3 Å². The lowest BCUT2D eigenvalue weighted by Crippen LogP contribution is -2.03. The van der Waals surface area contributed by atoms with Gasteiger partial charge < -0.3 is 9.84 Å². The number of esters is 2. The molecule has 1 N–H and O–H groups in total. The SMILES string of the molecule is CC(=O)OC(C)=O.CO.Cc1ccccc1. The fourth-order valence-corrected chi connectivity index (χ4v) is 0.737. The Bertz CT molecular complexity index is 281. The summed E-state index contributed by atoms with van der Waals surface area (Å²) in [5.74, 6) is -1.12. The minimum Gasteiger partial charge on any atom is -0.400 e. The van der Waals surface area contributed by atoms with Gasteiger partial charge in [-0.15, -0.1) is 0 Å². The Morgan fingerprint density at radius 2 is 1.38 bits per heavy atom. The molecule has 0 fully saturated rings. The number of hydrogen-bond donors (Lipinski definition) is 1. The molecule has 90 valence electrons. The van der Waals surface area contributed by atoms with Crippen LogP contribution >= 0.6 is 0 Å². The summed E-state index contributed by atoms with van der Waals surface area (Å²) >= 11 is 0. The molecule has 0 radical (unpaired) electrons. The van der Waals surface area contributed by atoms with Gasteiger partial charge in [-0.3, -0.25) is 9.59 Å². The van der Waals surface area contributed by atoms with Crippen molar-refractivity contribution in [3.05, 3.63) is 35.9 Å². The standard InChI is InChI=1S/C7H8.C4H6O3.CH4O/c1-7-5-3-2-4-6-7;1-3(5)7-4(2)6;1-2/h2-6H,1H3;1-2H3;2H,1H3. The number of benzene rings is 1. The second-order valence-corrected chi connectivity index (χ2v) is 2.74. The summed E-state index contributed by atoms with van der Waals surface area (Å²) in [6.45, 7) is 4.45. The van der Waals surface area contributed by atoms with Crippen molar-refractivity contribution in [1.82, 2.24) is 0 Å². The summed E-state index contributed by atoms with van der Waals surface area (Å²) in [6.07, 6.45) is 0. The summed E-state index contributed by atoms with van der Waals surface area (Å²) in [6, 6.07) is 10.3. The third-order valence-corrected chi connectivity index (χ3v) is 1.23. The Morgan fingerprint density at radius 1 is 1.00 bits per heavy atom. The Hall–Kier alpha value is -1.68. The van der Waals surface area contributed by atoms with Gasteiger partial charge in [0, 0.05) is 21.0 Å². The number of carbonyl (C=O) groups is 2. The molecule has 1 aromatic rings. The average molecular weight is 226 g/mol. The highest BCUT2D eigenvalue weighted by Gasteiger charge is 1.93. The van der Waals surface area contributed by atoms with Gasteiger partial charge in [0.2, 0.25) is 0 Å². The first-order valence-corrected chi connectivity index (χ1v) is 4.67. The van der Waals surface area contributed by atoms with E-state index in [0.29, 0.717) is 0 Å². The molecule has 0 aliphatic rings. The molecule has 4 heteroatoms. The van der Waals surface area contributed by atoms with E-state index in [9.17, 15) is 9.59 Å². The molecule has 0 spiro atoms. The van der Waals surface area contributed by atoms with E-state index >= 15 is 0 Å². The van der Waals surface area contributed by atoms with Gasteiger partial charge in [-0.2, -0.15) is 0 Å². The highest BCUT2D eigenvalue weighted by molar-refractivity contribution is 5.82. The van der Waals surface area contributed by atoms with Crippen molar-refractivity contribution in [2.75, 3.05) is 7.11 Å². The van der Waals surface area contributed by atoms with Crippen LogP contribution < -0.4 is 0 Å². The predicted molar refractivity (Wildman–Crippen MR) is 61.8 cm³/mol. The van der Waals surface area contributed by atoms with Crippen molar-refractivity contribution in [3.8, 4) is 0 Å². The molecule has 1 aromatic carbocycles. The first-order valence-electron chi connectivity index (χ1n) is 4.67. The van der Waals surface area contributed by atoms with E-state index in [1.54, 1.807) is 0 Å². The van der Waals surface area contributed by atoms with E-state index in [1.165, 1.54) is 19.4 Å². The van der Waals surface area contributed by atoms with E-state index in [0.717, 1.165) is 7.11 Å². The van der Waals surface area contributed by atoms with Crippen LogP contribution in [-0.4, -0.2) is 24.2 Å². The molecular formula is C12H18O4. The molecule has 1 rings (SSSR count). The highest BCUT2D eigenvalue weighted by Crippen LogP contribution is 1.92. The monoisotopic (exact) mass is 226 g/mol. The summed E-state index contributed by atoms with van der Waals surface area (Å²) in [4.78, 5) is 19.6. The topological polar surface area (TPSA) is 63.6 Å². The Morgan fingerprint density at radius 3 is 1.50 bits per heavy atom. The minimum atomic E-state index is -0.562. The zero-order chi connectivity index (χ0) is 13.0. The first kappa shape index (κ1) is 16.7. The third-order valence-electron chi connectivity index (χ3n) is 1.23. The molecule has 0 saturated carbocycles. The number of ether oxygens (including phenoxy) is 1. The largest absolute Gasteiger partial charge is 0.400 e. The lowest BCUT2D eigenvalue weighted by molar-refractivity contribution is -0.156. The highest BCUT2D eigenvalue weighted by atomic mass is 16.6. The molecule has 0 heterocycles. The van der Waals surface area contributed by atoms with Gasteiger partial charge in [0.1, 0.15) is 0 Å². The maximum atomic E-state index is 9.81. The molecule has 0 atom stereocenters. The summed E-state index contributed by atoms with van der Waals surface area (Å²) in [5, 5.41) is 7.00. The summed E-state index contributed by atoms with van der Waals surface area (Å²) in [7, 11) is 1.00. The molecule has 0 amide bonds. The van der Waals surface area contributed by atoms with Crippen molar-refractivity contribution in [3.63, 3.8) is 0 Å². The molecule has 4 nitrogen and oxygen atoms in total. The van der Waals surface area contributed by atoms with E-state index in [1.807, 2.05) is 18.2 Å². The van der Waals surface area contributed by atoms with E-state index in [2.05, 4.69) is 23.8 Å². The molecule has 0 bridgehead atoms. The average Bonchev–Trinajstić information content (AvgIpc) is 2.20. The molecule has 16 heavy (non-hydrogen) atoms. The van der Waals surface area contributed by atoms with Crippen molar-refractivity contribution in [2.24, 2.45) is 0 Å². The van der Waals surface area contributed by atoms with Crippen LogP contribution in [0.5, 0.6) is 0 Å². The van der Waals surface area contributed by atoms with Crippen LogP contribution in [0.3, 0.4) is 0 Å². The van der Waals surface area contributed by atoms with E-state index < -0.39 is 11.9 Å². The van der Waals surface area contributed by atoms with Gasteiger partial charge in [-0.05, 0) is 6.92 Å². The normalized spacial score (nSPS) is 7.56. The van der Waals surface area contributed by atoms with Crippen LogP contribution in [0.2, 0.25) is 0 Å². The quantitative estimate of drug-likeness (QED) is 0.540. The van der Waals surface area contributed by atoms with E-state index in [4.69, 9.17) is 5.11 Å². The smallest absolute Gasteiger partial charge is 0.310 e. The van der Waals surface area contributed by atoms with Crippen LogP contribution in [0, 0.1) is 6.92 Å². The number of hydrogen-bond acceptors (Lipinski definition) is 4. The number of aliphatic hydroxyl groups excluding tert-OH is 1. The zero-order valence-electron chi connectivity index (χ0n) is 10.1. The lowest BCUT2D eigenvalue weighted by Gasteiger charge is -1.87. The van der Waals surface area contributed by atoms with Crippen LogP contribution in [-0.2, 0) is 14.3 Å². The van der Waals surface area contributed by atoms with Crippen molar-refractivity contribution >= 4 is 11.9 Å². The van der Waals surface area contributed by atoms with Gasteiger partial charge in [0.05, 0.1) is 0 Å². The van der Waals surface area contributed by atoms with Gasteiger partial charge in [-0.25, -0.2) is 0 Å². The Kier molecular flexibility index (Phi) is 11.9. The number of carbonyl (C=O) groups excluding carboxylic acids is 2. The molecule has 0 aliphatic heterocycles. The van der Waals surface area contributed by atoms with Crippen molar-refractivity contribution in [2.45, 2.75) is 20.8 Å². The molecular weight excluding hydrogens is 208 g/mol. The maximum Gasteiger partial charge on any atom is 0.310 e. The van der Waals surface area contributed by atoms with Gasteiger partial charge in [0.25, 0.3) is 0 Å². The van der Waals surface area contributed by atoms with Gasteiger partial charge in [0.15, 0.2) is 0 Å². The summed E-state index contributed by atoms with van der Waals surface area (Å²) < 4.78 is 3.97. The second kappa shape index (κ2) is 11.4. The zero-order valence-corrected chi connectivity index (χ0v) is 10.1. The van der Waals surface area contributed by atoms with Crippen LogP contribution in [0.4, 0.5) is 0 Å². The fraction of sp³-hybridized carbons (Fsp3) is 0.333. The number of aryl methyl sites for hydroxylation is 1. The lowest BCUT2D eigenvalue weighted by atomic mass is 10.2. The number of rotatable bonds is 0. The third kappa shape index (κ3) is 14.8. The predicted octanol–water partition coefficient (Wildman–Crippen LogP) is 1.70. The van der Waals surface area contributed by atoms with Crippen molar-refractivity contribution in [1.29, 1.82) is 0 Å². The molecule has 0 aliphatic carbocycles. The summed E-state index contributed by atoms with van der Waals surface area (Å²) in [5.41, 5.74) is 1.32. The first-order chi connectivity index (χ1) is 7.52. The fourth-order valence-electron chi connectivity index (χ4n) is 0.737. The second-order valence-electron chi connectivity index (χ2n) is 2.74. The van der Waals surface area contributed by atoms with Crippen molar-refractivity contribution < 1.29 is 19.4 Å².